The van der Waals surface area contributed by atoms with Crippen molar-refractivity contribution in [2.24, 2.45) is 0 Å². The smallest absolute Gasteiger partial charge is 0.227 e. The van der Waals surface area contributed by atoms with E-state index in [4.69, 9.17) is 9.51 Å². The van der Waals surface area contributed by atoms with Gasteiger partial charge in [0, 0.05) is 24.7 Å². The van der Waals surface area contributed by atoms with Gasteiger partial charge in [-0.1, -0.05) is 24.2 Å². The zero-order chi connectivity index (χ0) is 22.0. The Morgan fingerprint density at radius 1 is 1.26 bits per heavy atom. The molecule has 0 N–H and O–H groups in total. The number of nitrogens with zero attached hydrogens (tertiary/aromatic N) is 4. The molecule has 0 radical (unpaired) electrons. The lowest BCUT2D eigenvalue weighted by molar-refractivity contribution is -0.131. The Morgan fingerprint density at radius 3 is 2.71 bits per heavy atom. The standard InChI is InChI=1S/C24H27FN4O2/c1-4-6-21-26-14-19(24-15(2)16(3)28-31-24)23(27-21)20-7-5-12-29(20)22(30)13-17-8-10-18(25)11-9-17/h8-11,14,20H,4-7,12-13H2,1-3H3/t20-/m1/s1. The van der Waals surface area contributed by atoms with Crippen molar-refractivity contribution >= 4 is 5.91 Å². The molecule has 0 aliphatic carbocycles. The second-order valence-electron chi connectivity index (χ2n) is 8.11. The lowest BCUT2D eigenvalue weighted by Crippen LogP contribution is -2.32. The van der Waals surface area contributed by atoms with E-state index < -0.39 is 0 Å². The predicted molar refractivity (Wildman–Crippen MR) is 115 cm³/mol. The second-order valence-corrected chi connectivity index (χ2v) is 8.11. The number of aromatic nitrogens is 3. The number of aryl methyl sites for hydroxylation is 2. The van der Waals surface area contributed by atoms with Crippen molar-refractivity contribution in [3.8, 4) is 11.3 Å². The first-order valence-electron chi connectivity index (χ1n) is 10.8. The van der Waals surface area contributed by atoms with E-state index in [1.165, 1.54) is 12.1 Å². The molecule has 162 valence electrons. The third kappa shape index (κ3) is 4.36. The van der Waals surface area contributed by atoms with Gasteiger partial charge in [-0.15, -0.1) is 0 Å². The number of halogens is 1. The summed E-state index contributed by atoms with van der Waals surface area (Å²) >= 11 is 0. The molecule has 4 rings (SSSR count). The van der Waals surface area contributed by atoms with Crippen LogP contribution in [0.15, 0.2) is 35.0 Å². The largest absolute Gasteiger partial charge is 0.356 e. The van der Waals surface area contributed by atoms with E-state index in [2.05, 4.69) is 17.1 Å². The fourth-order valence-electron chi connectivity index (χ4n) is 4.10. The molecule has 0 spiro atoms. The summed E-state index contributed by atoms with van der Waals surface area (Å²) in [6, 6.07) is 5.95. The summed E-state index contributed by atoms with van der Waals surface area (Å²) in [5.74, 6) is 1.14. The van der Waals surface area contributed by atoms with Crippen molar-refractivity contribution < 1.29 is 13.7 Å². The number of carbonyl (C=O) groups is 1. The Balaban J connectivity index is 1.68. The highest BCUT2D eigenvalue weighted by Gasteiger charge is 2.34. The molecule has 1 fully saturated rings. The van der Waals surface area contributed by atoms with Crippen LogP contribution in [0.5, 0.6) is 0 Å². The third-order valence-electron chi connectivity index (χ3n) is 5.90. The Bertz CT molecular complexity index is 1080. The molecule has 1 amide bonds. The van der Waals surface area contributed by atoms with Crippen LogP contribution >= 0.6 is 0 Å². The molecule has 31 heavy (non-hydrogen) atoms. The van der Waals surface area contributed by atoms with E-state index in [-0.39, 0.29) is 24.2 Å². The minimum atomic E-state index is -0.304. The van der Waals surface area contributed by atoms with Gasteiger partial charge in [0.1, 0.15) is 11.6 Å². The number of benzene rings is 1. The maximum absolute atomic E-state index is 13.2. The van der Waals surface area contributed by atoms with Gasteiger partial charge in [0.2, 0.25) is 5.91 Å². The van der Waals surface area contributed by atoms with Gasteiger partial charge in [-0.3, -0.25) is 4.79 Å². The lowest BCUT2D eigenvalue weighted by atomic mass is 10.0. The van der Waals surface area contributed by atoms with E-state index in [9.17, 15) is 9.18 Å². The summed E-state index contributed by atoms with van der Waals surface area (Å²) in [6.45, 7) is 6.64. The molecule has 1 aliphatic rings. The van der Waals surface area contributed by atoms with Gasteiger partial charge < -0.3 is 9.42 Å². The van der Waals surface area contributed by atoms with Gasteiger partial charge in [-0.25, -0.2) is 14.4 Å². The van der Waals surface area contributed by atoms with Crippen LogP contribution in [0.25, 0.3) is 11.3 Å². The maximum Gasteiger partial charge on any atom is 0.227 e. The van der Waals surface area contributed by atoms with Crippen LogP contribution in [0.4, 0.5) is 4.39 Å². The first kappa shape index (κ1) is 21.2. The van der Waals surface area contributed by atoms with E-state index in [0.29, 0.717) is 12.3 Å². The Hall–Kier alpha value is -3.09. The van der Waals surface area contributed by atoms with Gasteiger partial charge in [-0.05, 0) is 50.8 Å². The molecule has 1 atom stereocenters. The molecule has 1 aromatic carbocycles. The van der Waals surface area contributed by atoms with Crippen LogP contribution in [-0.4, -0.2) is 32.5 Å². The van der Waals surface area contributed by atoms with Crippen LogP contribution in [0.1, 0.15) is 60.6 Å². The topological polar surface area (TPSA) is 72.1 Å². The van der Waals surface area contributed by atoms with Gasteiger partial charge in [0.15, 0.2) is 5.76 Å². The molecule has 0 saturated carbocycles. The van der Waals surface area contributed by atoms with Crippen LogP contribution in [0, 0.1) is 19.7 Å². The van der Waals surface area contributed by atoms with E-state index in [0.717, 1.165) is 59.6 Å². The number of rotatable bonds is 6. The highest BCUT2D eigenvalue weighted by atomic mass is 19.1. The van der Waals surface area contributed by atoms with E-state index >= 15 is 0 Å². The summed E-state index contributed by atoms with van der Waals surface area (Å²) in [7, 11) is 0. The SMILES string of the molecule is CCCc1ncc(-c2onc(C)c2C)c([C@H]2CCCN2C(=O)Cc2ccc(F)cc2)n1. The highest BCUT2D eigenvalue weighted by molar-refractivity contribution is 5.80. The number of amides is 1. The lowest BCUT2D eigenvalue weighted by Gasteiger charge is -2.26. The van der Waals surface area contributed by atoms with Crippen molar-refractivity contribution in [2.45, 2.75) is 58.9 Å². The first-order chi connectivity index (χ1) is 15.0. The second kappa shape index (κ2) is 8.96. The minimum Gasteiger partial charge on any atom is -0.356 e. The molecule has 7 heteroatoms. The summed E-state index contributed by atoms with van der Waals surface area (Å²) in [5, 5.41) is 4.09. The zero-order valence-corrected chi connectivity index (χ0v) is 18.2. The summed E-state index contributed by atoms with van der Waals surface area (Å²) < 4.78 is 18.8. The van der Waals surface area contributed by atoms with Crippen LogP contribution in [0.3, 0.4) is 0 Å². The predicted octanol–water partition coefficient (Wildman–Crippen LogP) is 4.75. The van der Waals surface area contributed by atoms with Crippen molar-refractivity contribution in [2.75, 3.05) is 6.54 Å². The summed E-state index contributed by atoms with van der Waals surface area (Å²) in [4.78, 5) is 24.5. The monoisotopic (exact) mass is 422 g/mol. The Labute approximate surface area is 181 Å². The quantitative estimate of drug-likeness (QED) is 0.573. The maximum atomic E-state index is 13.2. The summed E-state index contributed by atoms with van der Waals surface area (Å²) in [5.41, 5.74) is 4.20. The fraction of sp³-hybridized carbons (Fsp3) is 0.417. The average Bonchev–Trinajstić information content (AvgIpc) is 3.38. The number of hydrogen-bond donors (Lipinski definition) is 0. The highest BCUT2D eigenvalue weighted by Crippen LogP contribution is 2.38. The molecule has 3 heterocycles. The zero-order valence-electron chi connectivity index (χ0n) is 18.2. The molecule has 0 bridgehead atoms. The molecular formula is C24H27FN4O2. The van der Waals surface area contributed by atoms with Crippen LogP contribution < -0.4 is 0 Å². The fourth-order valence-corrected chi connectivity index (χ4v) is 4.10. The number of carbonyl (C=O) groups excluding carboxylic acids is 1. The van der Waals surface area contributed by atoms with Gasteiger partial charge in [-0.2, -0.15) is 0 Å². The van der Waals surface area contributed by atoms with Gasteiger partial charge in [0.25, 0.3) is 0 Å². The number of likely N-dealkylation sites (tertiary alicyclic amines) is 1. The third-order valence-corrected chi connectivity index (χ3v) is 5.90. The minimum absolute atomic E-state index is 0.0150. The molecule has 3 aromatic rings. The molecule has 1 aliphatic heterocycles. The van der Waals surface area contributed by atoms with Crippen LogP contribution in [0.2, 0.25) is 0 Å². The molecule has 0 unspecified atom stereocenters. The van der Waals surface area contributed by atoms with Crippen molar-refractivity contribution in [3.05, 3.63) is 64.6 Å². The van der Waals surface area contributed by atoms with E-state index in [1.54, 1.807) is 18.3 Å². The molecule has 2 aromatic heterocycles. The van der Waals surface area contributed by atoms with Gasteiger partial charge >= 0.3 is 0 Å². The van der Waals surface area contributed by atoms with Gasteiger partial charge in [0.05, 0.1) is 29.4 Å². The Kier molecular flexibility index (Phi) is 6.11. The van der Waals surface area contributed by atoms with Crippen molar-refractivity contribution in [1.82, 2.24) is 20.0 Å². The van der Waals surface area contributed by atoms with Crippen molar-refractivity contribution in [3.63, 3.8) is 0 Å². The molecule has 6 nitrogen and oxygen atoms in total. The normalized spacial score (nSPS) is 16.1. The van der Waals surface area contributed by atoms with Crippen LogP contribution in [-0.2, 0) is 17.6 Å². The molecular weight excluding hydrogens is 395 g/mol. The summed E-state index contributed by atoms with van der Waals surface area (Å²) in [6.07, 6.45) is 5.49. The Morgan fingerprint density at radius 2 is 2.03 bits per heavy atom. The van der Waals surface area contributed by atoms with E-state index in [1.807, 2.05) is 18.7 Å². The number of hydrogen-bond acceptors (Lipinski definition) is 5. The molecule has 1 saturated heterocycles. The average molecular weight is 423 g/mol. The van der Waals surface area contributed by atoms with Crippen molar-refractivity contribution in [1.29, 1.82) is 0 Å². The first-order valence-corrected chi connectivity index (χ1v) is 10.8.